The molecule has 3 N–H and O–H groups in total. The first-order valence-electron chi connectivity index (χ1n) is 9.95. The summed E-state index contributed by atoms with van der Waals surface area (Å²) in [5.41, 5.74) is 0.807. The van der Waals surface area contributed by atoms with Crippen molar-refractivity contribution in [2.24, 2.45) is 10.9 Å². The van der Waals surface area contributed by atoms with Gasteiger partial charge in [-0.2, -0.15) is 13.2 Å². The first kappa shape index (κ1) is 22.7. The summed E-state index contributed by atoms with van der Waals surface area (Å²) in [5, 5.41) is 13.1. The lowest BCUT2D eigenvalue weighted by atomic mass is 9.99. The van der Waals surface area contributed by atoms with Gasteiger partial charge in [0.1, 0.15) is 11.4 Å². The van der Waals surface area contributed by atoms with Gasteiger partial charge in [-0.15, -0.1) is 0 Å². The highest BCUT2D eigenvalue weighted by atomic mass is 19.4. The number of nitrogens with zero attached hydrogens (tertiary/aromatic N) is 2. The molecule has 0 amide bonds. The van der Waals surface area contributed by atoms with Crippen molar-refractivity contribution in [3.05, 3.63) is 71.6 Å². The van der Waals surface area contributed by atoms with Crippen LogP contribution in [0.4, 0.5) is 17.6 Å². The van der Waals surface area contributed by atoms with Crippen molar-refractivity contribution >= 4 is 11.4 Å². The molecular formula is C22H25F4N5. The van der Waals surface area contributed by atoms with Crippen LogP contribution in [0.5, 0.6) is 0 Å². The average Bonchev–Trinajstić information content (AvgIpc) is 2.76. The minimum Gasteiger partial charge on any atom is -0.383 e. The summed E-state index contributed by atoms with van der Waals surface area (Å²) in [6, 6.07) is 8.36. The Kier molecular flexibility index (Phi) is 6.94. The van der Waals surface area contributed by atoms with E-state index in [4.69, 9.17) is 5.41 Å². The van der Waals surface area contributed by atoms with E-state index in [0.29, 0.717) is 12.6 Å². The highest BCUT2D eigenvalue weighted by Gasteiger charge is 2.35. The summed E-state index contributed by atoms with van der Waals surface area (Å²) >= 11 is 0. The molecule has 166 valence electrons. The van der Waals surface area contributed by atoms with Gasteiger partial charge >= 0.3 is 6.18 Å². The van der Waals surface area contributed by atoms with E-state index >= 15 is 0 Å². The minimum atomic E-state index is -4.70. The highest BCUT2D eigenvalue weighted by Crippen LogP contribution is 2.23. The van der Waals surface area contributed by atoms with Gasteiger partial charge in [0.05, 0.1) is 5.70 Å². The highest BCUT2D eigenvalue weighted by molar-refractivity contribution is 6.09. The molecule has 0 aromatic heterocycles. The zero-order valence-corrected chi connectivity index (χ0v) is 17.2. The molecule has 31 heavy (non-hydrogen) atoms. The fourth-order valence-corrected chi connectivity index (χ4v) is 3.51. The maximum absolute atomic E-state index is 14.5. The molecule has 9 heteroatoms. The van der Waals surface area contributed by atoms with Crippen molar-refractivity contribution in [1.29, 1.82) is 5.41 Å². The molecule has 2 aliphatic rings. The molecule has 2 aliphatic heterocycles. The third kappa shape index (κ3) is 5.81. The molecule has 0 radical (unpaired) electrons. The quantitative estimate of drug-likeness (QED) is 0.447. The molecule has 1 aromatic rings. The lowest BCUT2D eigenvalue weighted by molar-refractivity contribution is -0.0578. The van der Waals surface area contributed by atoms with Crippen LogP contribution in [0.25, 0.3) is 0 Å². The molecule has 0 fully saturated rings. The molecular weight excluding hydrogens is 410 g/mol. The predicted octanol–water partition coefficient (Wildman–Crippen LogP) is 4.06. The van der Waals surface area contributed by atoms with Crippen molar-refractivity contribution in [3.63, 3.8) is 0 Å². The van der Waals surface area contributed by atoms with E-state index in [-0.39, 0.29) is 11.6 Å². The SMILES string of the molecule is C=C(NCC(C)CN1CCc2ccccc2C1)C(=N)/C(F)=C1/N=C(C(F)(F)F)C=CN1. The van der Waals surface area contributed by atoms with Crippen LogP contribution in [0.2, 0.25) is 0 Å². The van der Waals surface area contributed by atoms with Gasteiger partial charge in [0, 0.05) is 32.4 Å². The van der Waals surface area contributed by atoms with Gasteiger partial charge in [0.2, 0.25) is 0 Å². The van der Waals surface area contributed by atoms with E-state index in [1.807, 2.05) is 19.1 Å². The molecule has 3 rings (SSSR count). The smallest absolute Gasteiger partial charge is 0.383 e. The number of hydrogen-bond donors (Lipinski definition) is 3. The van der Waals surface area contributed by atoms with Crippen LogP contribution < -0.4 is 10.6 Å². The van der Waals surface area contributed by atoms with E-state index < -0.39 is 29.2 Å². The Bertz CT molecular complexity index is 945. The molecule has 1 unspecified atom stereocenters. The Morgan fingerprint density at radius 1 is 1.32 bits per heavy atom. The van der Waals surface area contributed by atoms with Crippen molar-refractivity contribution < 1.29 is 17.6 Å². The van der Waals surface area contributed by atoms with E-state index in [2.05, 4.69) is 39.2 Å². The number of rotatable bonds is 7. The first-order chi connectivity index (χ1) is 14.6. The molecule has 0 saturated heterocycles. The molecule has 0 spiro atoms. The molecule has 5 nitrogen and oxygen atoms in total. The van der Waals surface area contributed by atoms with E-state index in [9.17, 15) is 17.6 Å². The zero-order chi connectivity index (χ0) is 22.6. The number of halogens is 4. The summed E-state index contributed by atoms with van der Waals surface area (Å²) in [5.74, 6) is -1.68. The Labute approximate surface area is 178 Å². The van der Waals surface area contributed by atoms with Gasteiger partial charge in [-0.3, -0.25) is 10.3 Å². The van der Waals surface area contributed by atoms with Gasteiger partial charge in [-0.05, 0) is 29.5 Å². The van der Waals surface area contributed by atoms with Gasteiger partial charge in [0.25, 0.3) is 0 Å². The maximum atomic E-state index is 14.5. The van der Waals surface area contributed by atoms with Crippen LogP contribution in [0.15, 0.2) is 65.5 Å². The summed E-state index contributed by atoms with van der Waals surface area (Å²) in [7, 11) is 0. The number of allylic oxidation sites excluding steroid dienone is 2. The van der Waals surface area contributed by atoms with Crippen molar-refractivity contribution in [1.82, 2.24) is 15.5 Å². The fourth-order valence-electron chi connectivity index (χ4n) is 3.51. The number of fused-ring (bicyclic) bond motifs is 1. The zero-order valence-electron chi connectivity index (χ0n) is 17.2. The number of benzene rings is 1. The molecule has 1 aromatic carbocycles. The van der Waals surface area contributed by atoms with E-state index in [0.717, 1.165) is 32.3 Å². The Hall–Kier alpha value is -2.94. The number of aliphatic imine (C=N–C) groups is 1. The second-order valence-corrected chi connectivity index (χ2v) is 7.73. The van der Waals surface area contributed by atoms with Crippen molar-refractivity contribution in [2.75, 3.05) is 19.6 Å². The third-order valence-electron chi connectivity index (χ3n) is 5.16. The van der Waals surface area contributed by atoms with E-state index in [1.165, 1.54) is 11.1 Å². The third-order valence-corrected chi connectivity index (χ3v) is 5.16. The largest absolute Gasteiger partial charge is 0.433 e. The summed E-state index contributed by atoms with van der Waals surface area (Å²) in [4.78, 5) is 5.57. The summed E-state index contributed by atoms with van der Waals surface area (Å²) < 4.78 is 52.8. The topological polar surface area (TPSA) is 63.5 Å². The van der Waals surface area contributed by atoms with Gasteiger partial charge in [-0.1, -0.05) is 37.8 Å². The van der Waals surface area contributed by atoms with Gasteiger partial charge in [-0.25, -0.2) is 9.38 Å². The van der Waals surface area contributed by atoms with Crippen LogP contribution in [0, 0.1) is 11.3 Å². The Morgan fingerprint density at radius 3 is 2.74 bits per heavy atom. The van der Waals surface area contributed by atoms with Crippen LogP contribution >= 0.6 is 0 Å². The first-order valence-corrected chi connectivity index (χ1v) is 9.95. The number of nitrogens with one attached hydrogen (secondary N) is 3. The van der Waals surface area contributed by atoms with E-state index in [1.54, 1.807) is 0 Å². The predicted molar refractivity (Wildman–Crippen MR) is 113 cm³/mol. The molecule has 2 heterocycles. The number of alkyl halides is 3. The van der Waals surface area contributed by atoms with Crippen molar-refractivity contribution in [2.45, 2.75) is 26.1 Å². The average molecular weight is 435 g/mol. The standard InChI is InChI=1S/C22H25F4N5/c1-14(12-31-10-8-16-5-3-4-6-17(16)13-31)11-29-15(2)20(27)19(23)21-28-9-7-18(30-21)22(24,25)26/h3-7,9,14,27-29H,2,8,10-13H2,1H3/b21-19-,27-20?. The van der Waals surface area contributed by atoms with Gasteiger partial charge < -0.3 is 10.6 Å². The molecule has 0 bridgehead atoms. The van der Waals surface area contributed by atoms with Crippen LogP contribution in [-0.4, -0.2) is 42.1 Å². The molecule has 1 atom stereocenters. The summed E-state index contributed by atoms with van der Waals surface area (Å²) in [6.45, 7) is 8.78. The molecule has 0 aliphatic carbocycles. The second kappa shape index (κ2) is 9.47. The fraction of sp³-hybridized carbons (Fsp3) is 0.364. The normalized spacial score (nSPS) is 19.1. The number of hydrogen-bond acceptors (Lipinski definition) is 5. The second-order valence-electron chi connectivity index (χ2n) is 7.73. The minimum absolute atomic E-state index is 0.0130. The summed E-state index contributed by atoms with van der Waals surface area (Å²) in [6.07, 6.45) is -2.07. The van der Waals surface area contributed by atoms with Crippen LogP contribution in [-0.2, 0) is 13.0 Å². The van der Waals surface area contributed by atoms with Crippen LogP contribution in [0.1, 0.15) is 18.1 Å². The maximum Gasteiger partial charge on any atom is 0.433 e. The van der Waals surface area contributed by atoms with Crippen LogP contribution in [0.3, 0.4) is 0 Å². The van der Waals surface area contributed by atoms with Crippen molar-refractivity contribution in [3.8, 4) is 0 Å². The lowest BCUT2D eigenvalue weighted by Crippen LogP contribution is -2.37. The molecule has 0 saturated carbocycles. The lowest BCUT2D eigenvalue weighted by Gasteiger charge is -2.31. The Balaban J connectivity index is 1.53. The Morgan fingerprint density at radius 2 is 2.03 bits per heavy atom. The van der Waals surface area contributed by atoms with Gasteiger partial charge in [0.15, 0.2) is 11.6 Å². The monoisotopic (exact) mass is 435 g/mol.